The number of H-pyrrole nitrogens is 1. The van der Waals surface area contributed by atoms with E-state index in [4.69, 9.17) is 4.84 Å². The number of aromatic nitrogens is 1. The Morgan fingerprint density at radius 3 is 3.00 bits per heavy atom. The highest BCUT2D eigenvalue weighted by atomic mass is 16.6. The molecule has 3 rings (SSSR count). The van der Waals surface area contributed by atoms with Crippen LogP contribution < -0.4 is 5.48 Å². The molecule has 2 heterocycles. The van der Waals surface area contributed by atoms with Crippen LogP contribution in [0.5, 0.6) is 0 Å². The number of nitrogens with one attached hydrogen (secondary N) is 2. The maximum absolute atomic E-state index is 4.76. The molecule has 3 nitrogen and oxygen atoms in total. The highest BCUT2D eigenvalue weighted by Gasteiger charge is 1.87. The zero-order chi connectivity index (χ0) is 11.1. The Kier molecular flexibility index (Phi) is 4.02. The van der Waals surface area contributed by atoms with Crippen LogP contribution in [0.15, 0.2) is 48.9 Å². The number of allylic oxidation sites excluding steroid dienone is 1. The molecule has 0 saturated carbocycles. The Hall–Kier alpha value is -1.74. The van der Waals surface area contributed by atoms with Gasteiger partial charge in [-0.15, -0.1) is 0 Å². The zero-order valence-corrected chi connectivity index (χ0v) is 9.15. The van der Waals surface area contributed by atoms with Crippen molar-refractivity contribution in [3.8, 4) is 0 Å². The van der Waals surface area contributed by atoms with E-state index in [1.807, 2.05) is 24.4 Å². The summed E-state index contributed by atoms with van der Waals surface area (Å²) in [6.07, 6.45) is 7.96. The number of para-hydroxylation sites is 1. The van der Waals surface area contributed by atoms with Gasteiger partial charge in [0, 0.05) is 18.3 Å². The average molecular weight is 216 g/mol. The number of benzene rings is 1. The largest absolute Gasteiger partial charge is 0.417 e. The van der Waals surface area contributed by atoms with Crippen LogP contribution in [0.4, 0.5) is 0 Å². The van der Waals surface area contributed by atoms with Crippen LogP contribution in [0.1, 0.15) is 12.8 Å². The Morgan fingerprint density at radius 1 is 1.12 bits per heavy atom. The fourth-order valence-electron chi connectivity index (χ4n) is 1.51. The van der Waals surface area contributed by atoms with Gasteiger partial charge < -0.3 is 9.82 Å². The van der Waals surface area contributed by atoms with E-state index in [-0.39, 0.29) is 0 Å². The quantitative estimate of drug-likeness (QED) is 0.710. The summed E-state index contributed by atoms with van der Waals surface area (Å²) in [5.74, 6) is 0. The van der Waals surface area contributed by atoms with E-state index in [1.165, 1.54) is 17.3 Å². The molecular weight excluding hydrogens is 200 g/mol. The van der Waals surface area contributed by atoms with Crippen molar-refractivity contribution in [1.29, 1.82) is 0 Å². The Bertz CT molecular complexity index is 410. The molecule has 2 aromatic rings. The van der Waals surface area contributed by atoms with Crippen LogP contribution in [0.3, 0.4) is 0 Å². The van der Waals surface area contributed by atoms with Gasteiger partial charge in [0.15, 0.2) is 0 Å². The third-order valence-electron chi connectivity index (χ3n) is 2.36. The molecule has 2 N–H and O–H groups in total. The van der Waals surface area contributed by atoms with Crippen molar-refractivity contribution in [2.45, 2.75) is 12.8 Å². The molecule has 1 aliphatic rings. The second kappa shape index (κ2) is 5.98. The molecule has 0 radical (unpaired) electrons. The molecule has 0 atom stereocenters. The summed E-state index contributed by atoms with van der Waals surface area (Å²) in [6, 6.07) is 10.3. The predicted octanol–water partition coefficient (Wildman–Crippen LogP) is 2.98. The fraction of sp³-hybridized carbons (Fsp3) is 0.231. The van der Waals surface area contributed by atoms with Crippen molar-refractivity contribution < 1.29 is 4.84 Å². The number of hydrogen-bond acceptors (Lipinski definition) is 2. The van der Waals surface area contributed by atoms with E-state index in [9.17, 15) is 0 Å². The normalized spacial score (nSPS) is 14.8. The van der Waals surface area contributed by atoms with Gasteiger partial charge in [-0.2, -0.15) is 5.48 Å². The van der Waals surface area contributed by atoms with E-state index in [1.54, 1.807) is 6.26 Å². The van der Waals surface area contributed by atoms with E-state index in [0.717, 1.165) is 13.0 Å². The highest BCUT2D eigenvalue weighted by molar-refractivity contribution is 5.78. The second-order valence-electron chi connectivity index (χ2n) is 3.59. The van der Waals surface area contributed by atoms with E-state index in [0.29, 0.717) is 0 Å². The summed E-state index contributed by atoms with van der Waals surface area (Å²) in [7, 11) is 0. The maximum atomic E-state index is 4.76. The fourth-order valence-corrected chi connectivity index (χ4v) is 1.51. The van der Waals surface area contributed by atoms with Crippen molar-refractivity contribution >= 4 is 10.9 Å². The number of rotatable bonds is 0. The predicted molar refractivity (Wildman–Crippen MR) is 65.8 cm³/mol. The number of fused-ring (bicyclic) bond motifs is 1. The first-order chi connectivity index (χ1) is 7.97. The van der Waals surface area contributed by atoms with E-state index >= 15 is 0 Å². The van der Waals surface area contributed by atoms with E-state index < -0.39 is 0 Å². The standard InChI is InChI=1S/C8H7N.C5H9NO/c1-2-4-8-7(3-1)5-6-9-8;1-2-4-6-7-5-3-1/h1-6,9H;3,5-6H,1-2,4H2. The highest BCUT2D eigenvalue weighted by Crippen LogP contribution is 2.09. The lowest BCUT2D eigenvalue weighted by Gasteiger charge is -1.93. The van der Waals surface area contributed by atoms with Crippen LogP contribution in [0, 0.1) is 0 Å². The van der Waals surface area contributed by atoms with Gasteiger partial charge >= 0.3 is 0 Å². The molecule has 0 unspecified atom stereocenters. The molecule has 0 aliphatic carbocycles. The lowest BCUT2D eigenvalue weighted by atomic mass is 10.3. The summed E-state index contributed by atoms with van der Waals surface area (Å²) < 4.78 is 0. The van der Waals surface area contributed by atoms with Crippen LogP contribution in [0.2, 0.25) is 0 Å². The molecular formula is C13H16N2O. The SMILES string of the molecule is C1=CONCCC1.c1ccc2[nH]ccc2c1. The molecule has 0 spiro atoms. The van der Waals surface area contributed by atoms with Gasteiger partial charge in [-0.1, -0.05) is 18.2 Å². The zero-order valence-electron chi connectivity index (χ0n) is 9.15. The summed E-state index contributed by atoms with van der Waals surface area (Å²) in [6.45, 7) is 0.965. The lowest BCUT2D eigenvalue weighted by molar-refractivity contribution is 0.140. The third kappa shape index (κ3) is 3.14. The van der Waals surface area contributed by atoms with E-state index in [2.05, 4.69) is 28.7 Å². The first-order valence-corrected chi connectivity index (χ1v) is 5.52. The van der Waals surface area contributed by atoms with Gasteiger partial charge in [0.2, 0.25) is 0 Å². The van der Waals surface area contributed by atoms with Gasteiger partial charge in [0.05, 0.1) is 0 Å². The first-order valence-electron chi connectivity index (χ1n) is 5.52. The van der Waals surface area contributed by atoms with Gasteiger partial charge in [-0.25, -0.2) is 0 Å². The Labute approximate surface area is 95.1 Å². The number of hydroxylamine groups is 1. The number of hydrogen-bond donors (Lipinski definition) is 2. The summed E-state index contributed by atoms with van der Waals surface area (Å²) >= 11 is 0. The number of aromatic amines is 1. The summed E-state index contributed by atoms with van der Waals surface area (Å²) in [5, 5.41) is 1.28. The average Bonchev–Trinajstić information content (AvgIpc) is 2.61. The first kappa shape index (κ1) is 10.8. The minimum absolute atomic E-state index is 0.965. The molecule has 0 saturated heterocycles. The van der Waals surface area contributed by atoms with Gasteiger partial charge in [-0.05, 0) is 36.4 Å². The molecule has 16 heavy (non-hydrogen) atoms. The molecule has 1 aliphatic heterocycles. The molecule has 3 heteroatoms. The monoisotopic (exact) mass is 216 g/mol. The van der Waals surface area contributed by atoms with Gasteiger partial charge in [0.25, 0.3) is 0 Å². The summed E-state index contributed by atoms with van der Waals surface area (Å²) in [4.78, 5) is 7.88. The van der Waals surface area contributed by atoms with Crippen molar-refractivity contribution in [2.75, 3.05) is 6.54 Å². The topological polar surface area (TPSA) is 37.0 Å². The molecule has 0 bridgehead atoms. The van der Waals surface area contributed by atoms with Crippen LogP contribution >= 0.6 is 0 Å². The van der Waals surface area contributed by atoms with Crippen molar-refractivity contribution in [2.24, 2.45) is 0 Å². The van der Waals surface area contributed by atoms with Crippen LogP contribution in [-0.2, 0) is 4.84 Å². The second-order valence-corrected chi connectivity index (χ2v) is 3.59. The third-order valence-corrected chi connectivity index (χ3v) is 2.36. The Balaban J connectivity index is 0.000000125. The molecule has 84 valence electrons. The van der Waals surface area contributed by atoms with Crippen molar-refractivity contribution in [1.82, 2.24) is 10.5 Å². The minimum atomic E-state index is 0.965. The van der Waals surface area contributed by atoms with Gasteiger partial charge in [0.1, 0.15) is 6.26 Å². The molecule has 0 amide bonds. The van der Waals surface area contributed by atoms with Gasteiger partial charge in [-0.3, -0.25) is 0 Å². The summed E-state index contributed by atoms with van der Waals surface area (Å²) in [5.41, 5.74) is 3.97. The lowest BCUT2D eigenvalue weighted by Crippen LogP contribution is -2.09. The van der Waals surface area contributed by atoms with Crippen LogP contribution in [0.25, 0.3) is 10.9 Å². The smallest absolute Gasteiger partial charge is 0.107 e. The van der Waals surface area contributed by atoms with Crippen LogP contribution in [-0.4, -0.2) is 11.5 Å². The molecule has 1 aromatic heterocycles. The molecule has 1 aromatic carbocycles. The minimum Gasteiger partial charge on any atom is -0.417 e. The molecule has 0 fully saturated rings. The van der Waals surface area contributed by atoms with Crippen molar-refractivity contribution in [3.63, 3.8) is 0 Å². The Morgan fingerprint density at radius 2 is 2.06 bits per heavy atom. The van der Waals surface area contributed by atoms with Crippen molar-refractivity contribution in [3.05, 3.63) is 48.9 Å². The maximum Gasteiger partial charge on any atom is 0.107 e.